The van der Waals surface area contributed by atoms with Crippen LogP contribution in [0.4, 0.5) is 0 Å². The van der Waals surface area contributed by atoms with Crippen LogP contribution in [0.25, 0.3) is 0 Å². The van der Waals surface area contributed by atoms with Crippen molar-refractivity contribution < 1.29 is 19.4 Å². The summed E-state index contributed by atoms with van der Waals surface area (Å²) in [7, 11) is 1.46. The molecular formula is C19H26Br4O4. The number of carboxylic acids is 1. The molecule has 8 heteroatoms. The van der Waals surface area contributed by atoms with Crippen molar-refractivity contribution in [3.05, 3.63) is 18.9 Å². The van der Waals surface area contributed by atoms with Crippen LogP contribution in [-0.4, -0.2) is 24.2 Å². The first-order valence-corrected chi connectivity index (χ1v) is 12.3. The number of carboxylic acid groups (broad SMARTS) is 1. The Morgan fingerprint density at radius 2 is 1.15 bits per heavy atom. The molecule has 2 aliphatic carbocycles. The van der Waals surface area contributed by atoms with Gasteiger partial charge in [-0.25, -0.2) is 0 Å². The lowest BCUT2D eigenvalue weighted by Gasteiger charge is -2.24. The highest BCUT2D eigenvalue weighted by molar-refractivity contribution is 9.28. The molecule has 0 aromatic carbocycles. The quantitative estimate of drug-likeness (QED) is 0.334. The predicted octanol–water partition coefficient (Wildman–Crippen LogP) is 7.11. The molecule has 154 valence electrons. The van der Waals surface area contributed by atoms with E-state index in [4.69, 9.17) is 9.84 Å². The Bertz CT molecular complexity index is 538. The van der Waals surface area contributed by atoms with Crippen LogP contribution in [-0.2, 0) is 14.3 Å². The van der Waals surface area contributed by atoms with Gasteiger partial charge in [-0.2, -0.15) is 0 Å². The zero-order valence-corrected chi connectivity index (χ0v) is 21.6. The van der Waals surface area contributed by atoms with Gasteiger partial charge in [-0.15, -0.1) is 0 Å². The monoisotopic (exact) mass is 634 g/mol. The molecule has 2 rings (SSSR count). The average Bonchev–Trinajstić information content (AvgIpc) is 2.61. The maximum Gasteiger partial charge on any atom is 0.308 e. The Labute approximate surface area is 195 Å². The third-order valence-corrected chi connectivity index (χ3v) is 6.21. The van der Waals surface area contributed by atoms with Gasteiger partial charge in [0.25, 0.3) is 0 Å². The summed E-state index contributed by atoms with van der Waals surface area (Å²) in [6.07, 6.45) is 11.9. The molecule has 0 amide bonds. The van der Waals surface area contributed by atoms with Gasteiger partial charge >= 0.3 is 11.9 Å². The van der Waals surface area contributed by atoms with Crippen molar-refractivity contribution in [3.63, 3.8) is 0 Å². The van der Waals surface area contributed by atoms with Gasteiger partial charge in [-0.05, 0) is 127 Å². The van der Waals surface area contributed by atoms with E-state index in [0.717, 1.165) is 58.1 Å². The lowest BCUT2D eigenvalue weighted by atomic mass is 9.82. The summed E-state index contributed by atoms with van der Waals surface area (Å²) in [5.41, 5.74) is 0. The van der Waals surface area contributed by atoms with Gasteiger partial charge in [0.2, 0.25) is 0 Å². The Kier molecular flexibility index (Phi) is 12.7. The van der Waals surface area contributed by atoms with Crippen LogP contribution in [0.2, 0.25) is 0 Å². The number of rotatable bonds is 4. The molecule has 27 heavy (non-hydrogen) atoms. The first-order chi connectivity index (χ1) is 12.7. The molecule has 0 saturated heterocycles. The fourth-order valence-electron chi connectivity index (χ4n) is 3.58. The van der Waals surface area contributed by atoms with Crippen molar-refractivity contribution in [3.8, 4) is 0 Å². The highest BCUT2D eigenvalue weighted by atomic mass is 79.9. The minimum Gasteiger partial charge on any atom is -0.481 e. The van der Waals surface area contributed by atoms with Crippen molar-refractivity contribution in [2.45, 2.75) is 51.4 Å². The number of halogens is 4. The zero-order valence-electron chi connectivity index (χ0n) is 15.3. The smallest absolute Gasteiger partial charge is 0.308 e. The van der Waals surface area contributed by atoms with Gasteiger partial charge in [0.1, 0.15) is 0 Å². The van der Waals surface area contributed by atoms with Crippen molar-refractivity contribution >= 4 is 75.7 Å². The molecule has 2 fully saturated rings. The number of allylic oxidation sites excluding steroid dienone is 2. The van der Waals surface area contributed by atoms with Crippen molar-refractivity contribution in [2.24, 2.45) is 23.7 Å². The average molecular weight is 638 g/mol. The summed E-state index contributed by atoms with van der Waals surface area (Å²) in [6, 6.07) is 0. The van der Waals surface area contributed by atoms with Crippen LogP contribution >= 0.6 is 63.7 Å². The van der Waals surface area contributed by atoms with E-state index in [2.05, 4.69) is 75.9 Å². The molecule has 0 radical (unpaired) electrons. The Morgan fingerprint density at radius 3 is 1.44 bits per heavy atom. The molecule has 0 bridgehead atoms. The Hall–Kier alpha value is 0.340. The molecule has 0 aromatic heterocycles. The third-order valence-electron chi connectivity index (χ3n) is 5.15. The largest absolute Gasteiger partial charge is 0.481 e. The number of hydrogen-bond donors (Lipinski definition) is 1. The van der Waals surface area contributed by atoms with E-state index in [-0.39, 0.29) is 17.8 Å². The van der Waals surface area contributed by atoms with Gasteiger partial charge < -0.3 is 9.84 Å². The maximum atomic E-state index is 11.2. The third kappa shape index (κ3) is 10.6. The van der Waals surface area contributed by atoms with Gasteiger partial charge in [-0.1, -0.05) is 12.2 Å². The summed E-state index contributed by atoms with van der Waals surface area (Å²) in [4.78, 5) is 21.9. The lowest BCUT2D eigenvalue weighted by Crippen LogP contribution is -2.22. The number of carbonyl (C=O) groups is 2. The highest BCUT2D eigenvalue weighted by Crippen LogP contribution is 2.33. The van der Waals surface area contributed by atoms with Crippen LogP contribution in [0.5, 0.6) is 0 Å². The normalized spacial score (nSPS) is 27.4. The zero-order chi connectivity index (χ0) is 20.4. The van der Waals surface area contributed by atoms with E-state index in [1.165, 1.54) is 7.11 Å². The number of ether oxygens (including phenoxy) is 1. The van der Waals surface area contributed by atoms with Crippen LogP contribution in [0.1, 0.15) is 51.4 Å². The number of hydrogen-bond acceptors (Lipinski definition) is 3. The van der Waals surface area contributed by atoms with Crippen LogP contribution < -0.4 is 0 Å². The highest BCUT2D eigenvalue weighted by Gasteiger charge is 2.26. The second-order valence-corrected chi connectivity index (χ2v) is 12.5. The Morgan fingerprint density at radius 1 is 0.778 bits per heavy atom. The molecule has 0 unspecified atom stereocenters. The van der Waals surface area contributed by atoms with Crippen LogP contribution in [0, 0.1) is 23.7 Å². The predicted molar refractivity (Wildman–Crippen MR) is 122 cm³/mol. The van der Waals surface area contributed by atoms with E-state index < -0.39 is 5.97 Å². The minimum absolute atomic E-state index is 0.0506. The van der Waals surface area contributed by atoms with E-state index in [0.29, 0.717) is 11.8 Å². The van der Waals surface area contributed by atoms with E-state index in [1.807, 2.05) is 0 Å². The molecule has 0 aromatic rings. The molecule has 4 nitrogen and oxygen atoms in total. The lowest BCUT2D eigenvalue weighted by molar-refractivity contribution is -0.146. The minimum atomic E-state index is -0.639. The molecule has 2 aliphatic rings. The molecule has 0 spiro atoms. The van der Waals surface area contributed by atoms with Crippen LogP contribution in [0.15, 0.2) is 18.9 Å². The molecular weight excluding hydrogens is 612 g/mol. The second-order valence-electron chi connectivity index (χ2n) is 7.00. The molecule has 0 atom stereocenters. The van der Waals surface area contributed by atoms with Crippen molar-refractivity contribution in [1.29, 1.82) is 0 Å². The summed E-state index contributed by atoms with van der Waals surface area (Å²) >= 11 is 13.3. The second kappa shape index (κ2) is 13.5. The molecule has 2 saturated carbocycles. The number of carbonyl (C=O) groups excluding carboxylic acids is 1. The topological polar surface area (TPSA) is 63.6 Å². The summed E-state index contributed by atoms with van der Waals surface area (Å²) in [5.74, 6) is 0.442. The van der Waals surface area contributed by atoms with Crippen molar-refractivity contribution in [2.75, 3.05) is 7.11 Å². The molecule has 0 aliphatic heterocycles. The van der Waals surface area contributed by atoms with Gasteiger partial charge in [0.05, 0.1) is 25.7 Å². The van der Waals surface area contributed by atoms with E-state index in [1.54, 1.807) is 0 Å². The van der Waals surface area contributed by atoms with Gasteiger partial charge in [-0.3, -0.25) is 9.59 Å². The number of methoxy groups -OCH3 is 1. The van der Waals surface area contributed by atoms with E-state index >= 15 is 0 Å². The van der Waals surface area contributed by atoms with Crippen molar-refractivity contribution in [1.82, 2.24) is 0 Å². The standard InChI is InChI=1S/C10H14Br2O2.C9H12Br2O2/c1-14-10(13)8-4-2-7(3-5-8)6-9(11)12;10-8(11)5-6-1-3-7(4-2-6)9(12)13/h6-8H,2-5H2,1H3;5-7H,1-4H2,(H,12,13). The van der Waals surface area contributed by atoms with Gasteiger partial charge in [0.15, 0.2) is 0 Å². The summed E-state index contributed by atoms with van der Waals surface area (Å²) in [5, 5.41) is 8.77. The molecule has 1 N–H and O–H groups in total. The summed E-state index contributed by atoms with van der Waals surface area (Å²) in [6.45, 7) is 0. The van der Waals surface area contributed by atoms with Gasteiger partial charge in [0, 0.05) is 0 Å². The van der Waals surface area contributed by atoms with E-state index in [9.17, 15) is 9.59 Å². The fourth-order valence-corrected chi connectivity index (χ4v) is 5.07. The SMILES string of the molecule is COC(=O)C1CCC(C=C(Br)Br)CC1.O=C(O)C1CCC(C=C(Br)Br)CC1. The summed E-state index contributed by atoms with van der Waals surface area (Å²) < 4.78 is 6.71. The maximum absolute atomic E-state index is 11.2. The first kappa shape index (κ1) is 25.4. The number of esters is 1. The van der Waals surface area contributed by atoms with Crippen LogP contribution in [0.3, 0.4) is 0 Å². The molecule has 0 heterocycles. The number of aliphatic carboxylic acids is 1. The Balaban J connectivity index is 0.000000271. The fraction of sp³-hybridized carbons (Fsp3) is 0.684. The first-order valence-electron chi connectivity index (χ1n) is 9.09.